The monoisotopic (exact) mass is 452 g/mol. The van der Waals surface area contributed by atoms with E-state index in [1.165, 1.54) is 16.2 Å². The summed E-state index contributed by atoms with van der Waals surface area (Å²) in [6, 6.07) is 16.8. The number of carbonyl (C=O) groups is 2. The minimum atomic E-state index is -0.350. The number of benzene rings is 2. The highest BCUT2D eigenvalue weighted by atomic mass is 79.9. The van der Waals surface area contributed by atoms with Crippen LogP contribution in [0.3, 0.4) is 0 Å². The molecule has 3 aromatic rings. The molecule has 6 heteroatoms. The molecule has 4 nitrogen and oxygen atoms in total. The molecule has 0 spiro atoms. The molecule has 0 atom stereocenters. The molecule has 1 aromatic heterocycles. The Morgan fingerprint density at radius 1 is 0.929 bits per heavy atom. The van der Waals surface area contributed by atoms with E-state index >= 15 is 0 Å². The van der Waals surface area contributed by atoms with Crippen LogP contribution < -0.4 is 10.2 Å². The molecule has 2 aromatic carbocycles. The van der Waals surface area contributed by atoms with E-state index in [-0.39, 0.29) is 11.8 Å². The standard InChI is InChI=1S/C22H17BrN2O2S/c1-13-5-3-6-17(14(13)2)24-20-19(18-7-4-12-28-18)21(26)25(22(20)27)16-10-8-15(23)9-11-16/h3-12,24H,1-2H3. The highest BCUT2D eigenvalue weighted by Gasteiger charge is 2.40. The fraction of sp³-hybridized carbons (Fsp3) is 0.0909. The van der Waals surface area contributed by atoms with Crippen molar-refractivity contribution >= 4 is 56.0 Å². The van der Waals surface area contributed by atoms with Crippen molar-refractivity contribution in [1.82, 2.24) is 0 Å². The van der Waals surface area contributed by atoms with Gasteiger partial charge in [0.1, 0.15) is 5.70 Å². The largest absolute Gasteiger partial charge is 0.350 e. The first-order chi connectivity index (χ1) is 13.5. The van der Waals surface area contributed by atoms with Crippen LogP contribution in [-0.2, 0) is 9.59 Å². The number of hydrogen-bond donors (Lipinski definition) is 1. The lowest BCUT2D eigenvalue weighted by atomic mass is 10.1. The summed E-state index contributed by atoms with van der Waals surface area (Å²) in [5.41, 5.74) is 4.24. The van der Waals surface area contributed by atoms with Gasteiger partial charge in [0.2, 0.25) is 0 Å². The Kier molecular flexibility index (Phi) is 4.91. The zero-order valence-electron chi connectivity index (χ0n) is 15.3. The fourth-order valence-corrected chi connectivity index (χ4v) is 4.17. The fourth-order valence-electron chi connectivity index (χ4n) is 3.14. The van der Waals surface area contributed by atoms with Crippen molar-refractivity contribution in [3.63, 3.8) is 0 Å². The maximum absolute atomic E-state index is 13.3. The summed E-state index contributed by atoms with van der Waals surface area (Å²) in [6.45, 7) is 4.02. The van der Waals surface area contributed by atoms with Crippen LogP contribution in [0.1, 0.15) is 16.0 Å². The van der Waals surface area contributed by atoms with Crippen LogP contribution in [0.4, 0.5) is 11.4 Å². The summed E-state index contributed by atoms with van der Waals surface area (Å²) in [7, 11) is 0. The van der Waals surface area contributed by atoms with Gasteiger partial charge in [0, 0.05) is 15.0 Å². The molecule has 0 bridgehead atoms. The number of amides is 2. The Morgan fingerprint density at radius 3 is 2.36 bits per heavy atom. The van der Waals surface area contributed by atoms with Crippen molar-refractivity contribution in [2.24, 2.45) is 0 Å². The van der Waals surface area contributed by atoms with E-state index in [0.717, 1.165) is 26.2 Å². The van der Waals surface area contributed by atoms with Crippen LogP contribution in [0.25, 0.3) is 5.57 Å². The minimum Gasteiger partial charge on any atom is -0.350 e. The first-order valence-corrected chi connectivity index (χ1v) is 10.4. The summed E-state index contributed by atoms with van der Waals surface area (Å²) in [4.78, 5) is 28.5. The Hall–Kier alpha value is -2.70. The van der Waals surface area contributed by atoms with E-state index in [0.29, 0.717) is 17.0 Å². The van der Waals surface area contributed by atoms with Gasteiger partial charge in [-0.3, -0.25) is 9.59 Å². The molecule has 0 saturated carbocycles. The van der Waals surface area contributed by atoms with E-state index in [1.54, 1.807) is 12.1 Å². The van der Waals surface area contributed by atoms with E-state index in [2.05, 4.69) is 21.2 Å². The lowest BCUT2D eigenvalue weighted by Gasteiger charge is -2.16. The maximum atomic E-state index is 13.3. The highest BCUT2D eigenvalue weighted by molar-refractivity contribution is 9.10. The number of nitrogens with one attached hydrogen (secondary N) is 1. The zero-order chi connectivity index (χ0) is 19.8. The Labute approximate surface area is 175 Å². The van der Waals surface area contributed by atoms with Gasteiger partial charge < -0.3 is 5.32 Å². The predicted molar refractivity (Wildman–Crippen MR) is 117 cm³/mol. The van der Waals surface area contributed by atoms with Gasteiger partial charge in [-0.05, 0) is 66.8 Å². The first kappa shape index (κ1) is 18.7. The van der Waals surface area contributed by atoms with Crippen molar-refractivity contribution in [2.45, 2.75) is 13.8 Å². The van der Waals surface area contributed by atoms with Gasteiger partial charge in [-0.2, -0.15) is 0 Å². The first-order valence-electron chi connectivity index (χ1n) is 8.73. The summed E-state index contributed by atoms with van der Waals surface area (Å²) >= 11 is 4.83. The van der Waals surface area contributed by atoms with Crippen LogP contribution in [0.5, 0.6) is 0 Å². The SMILES string of the molecule is Cc1cccc(NC2=C(c3cccs3)C(=O)N(c3ccc(Br)cc3)C2=O)c1C. The molecule has 1 aliphatic rings. The number of thiophene rings is 1. The van der Waals surface area contributed by atoms with Gasteiger partial charge in [0.15, 0.2) is 0 Å². The summed E-state index contributed by atoms with van der Waals surface area (Å²) in [6.07, 6.45) is 0. The number of imide groups is 1. The number of rotatable bonds is 4. The molecule has 2 amide bonds. The van der Waals surface area contributed by atoms with Gasteiger partial charge in [-0.15, -0.1) is 11.3 Å². The molecule has 0 unspecified atom stereocenters. The smallest absolute Gasteiger partial charge is 0.282 e. The predicted octanol–water partition coefficient (Wildman–Crippen LogP) is 5.52. The van der Waals surface area contributed by atoms with Crippen LogP contribution in [0.15, 0.2) is 70.1 Å². The number of aryl methyl sites for hydroxylation is 1. The van der Waals surface area contributed by atoms with Crippen molar-refractivity contribution in [1.29, 1.82) is 0 Å². The van der Waals surface area contributed by atoms with Gasteiger partial charge in [-0.25, -0.2) is 4.90 Å². The van der Waals surface area contributed by atoms with Crippen LogP contribution in [0, 0.1) is 13.8 Å². The molecule has 0 fully saturated rings. The topological polar surface area (TPSA) is 49.4 Å². The molecule has 0 aliphatic carbocycles. The van der Waals surface area contributed by atoms with E-state index in [9.17, 15) is 9.59 Å². The lowest BCUT2D eigenvalue weighted by Crippen LogP contribution is -2.32. The Balaban J connectivity index is 1.82. The third-order valence-corrected chi connectivity index (χ3v) is 6.22. The molecule has 4 rings (SSSR count). The highest BCUT2D eigenvalue weighted by Crippen LogP contribution is 2.36. The number of anilines is 2. The normalized spacial score (nSPS) is 14.2. The van der Waals surface area contributed by atoms with Gasteiger partial charge >= 0.3 is 0 Å². The van der Waals surface area contributed by atoms with Crippen LogP contribution in [0.2, 0.25) is 0 Å². The summed E-state index contributed by atoms with van der Waals surface area (Å²) < 4.78 is 0.885. The van der Waals surface area contributed by atoms with Gasteiger partial charge in [0.25, 0.3) is 11.8 Å². The minimum absolute atomic E-state index is 0.309. The average Bonchev–Trinajstić information content (AvgIpc) is 3.27. The molecule has 1 aliphatic heterocycles. The molecule has 28 heavy (non-hydrogen) atoms. The second-order valence-corrected chi connectivity index (χ2v) is 8.39. The zero-order valence-corrected chi connectivity index (χ0v) is 17.7. The number of halogens is 1. The average molecular weight is 453 g/mol. The summed E-state index contributed by atoms with van der Waals surface area (Å²) in [5, 5.41) is 5.15. The molecule has 2 heterocycles. The molecular weight excluding hydrogens is 436 g/mol. The second-order valence-electron chi connectivity index (χ2n) is 6.52. The van der Waals surface area contributed by atoms with E-state index < -0.39 is 0 Å². The number of hydrogen-bond acceptors (Lipinski definition) is 4. The van der Waals surface area contributed by atoms with Crippen LogP contribution >= 0.6 is 27.3 Å². The van der Waals surface area contributed by atoms with Crippen molar-refractivity contribution in [3.8, 4) is 0 Å². The third kappa shape index (κ3) is 3.19. The lowest BCUT2D eigenvalue weighted by molar-refractivity contribution is -0.120. The van der Waals surface area contributed by atoms with E-state index in [1.807, 2.05) is 61.7 Å². The van der Waals surface area contributed by atoms with Crippen molar-refractivity contribution in [3.05, 3.63) is 86.2 Å². The van der Waals surface area contributed by atoms with Crippen LogP contribution in [-0.4, -0.2) is 11.8 Å². The van der Waals surface area contributed by atoms with Crippen molar-refractivity contribution < 1.29 is 9.59 Å². The summed E-state index contributed by atoms with van der Waals surface area (Å²) in [5.74, 6) is -0.667. The molecular formula is C22H17BrN2O2S. The third-order valence-electron chi connectivity index (χ3n) is 4.80. The number of carbonyl (C=O) groups excluding carboxylic acids is 2. The van der Waals surface area contributed by atoms with E-state index in [4.69, 9.17) is 0 Å². The van der Waals surface area contributed by atoms with Gasteiger partial charge in [-0.1, -0.05) is 34.1 Å². The van der Waals surface area contributed by atoms with Crippen molar-refractivity contribution in [2.75, 3.05) is 10.2 Å². The molecule has 0 radical (unpaired) electrons. The molecule has 0 saturated heterocycles. The molecule has 140 valence electrons. The maximum Gasteiger partial charge on any atom is 0.282 e. The second kappa shape index (κ2) is 7.37. The Bertz CT molecular complexity index is 1100. The molecule has 1 N–H and O–H groups in total. The Morgan fingerprint density at radius 2 is 1.68 bits per heavy atom. The number of nitrogens with zero attached hydrogens (tertiary/aromatic N) is 1. The quantitative estimate of drug-likeness (QED) is 0.529. The van der Waals surface area contributed by atoms with Gasteiger partial charge in [0.05, 0.1) is 11.3 Å².